The number of aromatic nitrogens is 1. The van der Waals surface area contributed by atoms with E-state index >= 15 is 0 Å². The van der Waals surface area contributed by atoms with Crippen LogP contribution in [-0.2, 0) is 0 Å². The van der Waals surface area contributed by atoms with Crippen molar-refractivity contribution in [1.29, 1.82) is 0 Å². The Morgan fingerprint density at radius 1 is 0.968 bits per heavy atom. The van der Waals surface area contributed by atoms with Gasteiger partial charge < -0.3 is 5.32 Å². The minimum Gasteiger partial charge on any atom is -0.322 e. The predicted molar refractivity (Wildman–Crippen MR) is 122 cm³/mol. The molecule has 0 fully saturated rings. The van der Waals surface area contributed by atoms with Crippen LogP contribution in [0.1, 0.15) is 27.2 Å². The lowest BCUT2D eigenvalue weighted by atomic mass is 9.93. The van der Waals surface area contributed by atoms with Crippen LogP contribution in [0.2, 0.25) is 0 Å². The van der Waals surface area contributed by atoms with Gasteiger partial charge in [-0.25, -0.2) is 0 Å². The Bertz CT molecular complexity index is 1330. The minimum absolute atomic E-state index is 0.0453. The predicted octanol–water partition coefficient (Wildman–Crippen LogP) is 5.99. The number of carbonyl (C=O) groups excluding carboxylic acids is 1. The monoisotopic (exact) mass is 411 g/mol. The first-order valence-electron chi connectivity index (χ1n) is 9.88. The number of amides is 1. The normalized spacial score (nSPS) is 10.8. The van der Waals surface area contributed by atoms with Gasteiger partial charge in [-0.3, -0.25) is 19.9 Å². The van der Waals surface area contributed by atoms with Crippen LogP contribution in [0.3, 0.4) is 0 Å². The smallest absolute Gasteiger partial charge is 0.270 e. The molecular weight excluding hydrogens is 390 g/mol. The van der Waals surface area contributed by atoms with Gasteiger partial charge in [0.25, 0.3) is 11.6 Å². The highest BCUT2D eigenvalue weighted by Crippen LogP contribution is 2.35. The summed E-state index contributed by atoms with van der Waals surface area (Å²) >= 11 is 0. The van der Waals surface area contributed by atoms with Crippen LogP contribution < -0.4 is 5.32 Å². The summed E-state index contributed by atoms with van der Waals surface area (Å²) in [6.07, 6.45) is 0. The van der Waals surface area contributed by atoms with Gasteiger partial charge in [0.05, 0.1) is 21.7 Å². The number of nitrogens with one attached hydrogen (secondary N) is 1. The molecular formula is C25H21N3O3. The van der Waals surface area contributed by atoms with Crippen LogP contribution in [0.5, 0.6) is 0 Å². The summed E-state index contributed by atoms with van der Waals surface area (Å²) in [5.74, 6) is -0.302. The lowest BCUT2D eigenvalue weighted by Crippen LogP contribution is -2.17. The number of nitro benzene ring substituents is 1. The molecule has 31 heavy (non-hydrogen) atoms. The maximum Gasteiger partial charge on any atom is 0.270 e. The second-order valence-electron chi connectivity index (χ2n) is 7.54. The van der Waals surface area contributed by atoms with Gasteiger partial charge in [0.15, 0.2) is 0 Å². The fraction of sp³-hybridized carbons (Fsp3) is 0.120. The largest absolute Gasteiger partial charge is 0.322 e. The maximum absolute atomic E-state index is 13.4. The summed E-state index contributed by atoms with van der Waals surface area (Å²) in [5, 5.41) is 15.0. The van der Waals surface area contributed by atoms with Crippen LogP contribution in [0, 0.1) is 30.9 Å². The van der Waals surface area contributed by atoms with Crippen molar-refractivity contribution in [3.8, 4) is 11.1 Å². The molecule has 1 heterocycles. The molecule has 0 aliphatic rings. The molecule has 154 valence electrons. The van der Waals surface area contributed by atoms with Crippen LogP contribution in [-0.4, -0.2) is 15.8 Å². The molecule has 1 amide bonds. The van der Waals surface area contributed by atoms with E-state index in [1.807, 2.05) is 62.4 Å². The number of nitro groups is 1. The molecule has 0 saturated carbocycles. The highest BCUT2D eigenvalue weighted by Gasteiger charge is 2.22. The number of hydrogen-bond acceptors (Lipinski definition) is 4. The third-order valence-electron chi connectivity index (χ3n) is 5.28. The number of hydrogen-bond donors (Lipinski definition) is 1. The zero-order valence-corrected chi connectivity index (χ0v) is 17.5. The van der Waals surface area contributed by atoms with Crippen molar-refractivity contribution < 1.29 is 9.72 Å². The molecule has 0 aliphatic heterocycles. The first-order valence-corrected chi connectivity index (χ1v) is 9.88. The van der Waals surface area contributed by atoms with Crippen molar-refractivity contribution in [3.63, 3.8) is 0 Å². The summed E-state index contributed by atoms with van der Waals surface area (Å²) in [6, 6.07) is 19.8. The topological polar surface area (TPSA) is 85.1 Å². The van der Waals surface area contributed by atoms with Gasteiger partial charge in [-0.1, -0.05) is 48.0 Å². The van der Waals surface area contributed by atoms with Crippen molar-refractivity contribution in [2.75, 3.05) is 5.32 Å². The van der Waals surface area contributed by atoms with Crippen molar-refractivity contribution in [2.45, 2.75) is 20.8 Å². The number of rotatable bonds is 4. The van der Waals surface area contributed by atoms with Crippen molar-refractivity contribution in [2.24, 2.45) is 0 Å². The summed E-state index contributed by atoms with van der Waals surface area (Å²) < 4.78 is 0. The Morgan fingerprint density at radius 3 is 2.39 bits per heavy atom. The maximum atomic E-state index is 13.4. The van der Waals surface area contributed by atoms with Gasteiger partial charge in [0, 0.05) is 28.8 Å². The highest BCUT2D eigenvalue weighted by molar-refractivity contribution is 6.14. The molecule has 1 aromatic heterocycles. The molecule has 4 rings (SSSR count). The second-order valence-corrected chi connectivity index (χ2v) is 7.54. The molecule has 0 saturated heterocycles. The molecule has 4 aromatic rings. The number of pyridine rings is 1. The summed E-state index contributed by atoms with van der Waals surface area (Å²) in [7, 11) is 0. The molecule has 0 spiro atoms. The summed E-state index contributed by atoms with van der Waals surface area (Å²) in [4.78, 5) is 29.0. The Labute approximate surface area is 179 Å². The molecule has 0 aliphatic carbocycles. The van der Waals surface area contributed by atoms with Crippen molar-refractivity contribution >= 4 is 28.2 Å². The number of nitrogens with zero attached hydrogens (tertiary/aromatic N) is 2. The number of carbonyl (C=O) groups is 1. The van der Waals surface area contributed by atoms with Crippen molar-refractivity contribution in [1.82, 2.24) is 4.98 Å². The lowest BCUT2D eigenvalue weighted by molar-refractivity contribution is -0.384. The van der Waals surface area contributed by atoms with Gasteiger partial charge in [-0.05, 0) is 44.0 Å². The fourth-order valence-corrected chi connectivity index (χ4v) is 3.81. The van der Waals surface area contributed by atoms with Crippen LogP contribution in [0.4, 0.5) is 11.4 Å². The Kier molecular flexibility index (Phi) is 5.21. The fourth-order valence-electron chi connectivity index (χ4n) is 3.81. The van der Waals surface area contributed by atoms with E-state index in [1.165, 1.54) is 12.1 Å². The third-order valence-corrected chi connectivity index (χ3v) is 5.28. The summed E-state index contributed by atoms with van der Waals surface area (Å²) in [5.41, 5.74) is 5.72. The van der Waals surface area contributed by atoms with Gasteiger partial charge in [-0.15, -0.1) is 0 Å². The van der Waals surface area contributed by atoms with E-state index in [1.54, 1.807) is 13.0 Å². The lowest BCUT2D eigenvalue weighted by Gasteiger charge is -2.17. The zero-order valence-electron chi connectivity index (χ0n) is 17.5. The zero-order chi connectivity index (χ0) is 22.1. The minimum atomic E-state index is -0.441. The van der Waals surface area contributed by atoms with Gasteiger partial charge in [0.2, 0.25) is 0 Å². The third kappa shape index (κ3) is 3.88. The molecule has 0 radical (unpaired) electrons. The van der Waals surface area contributed by atoms with E-state index in [0.717, 1.165) is 16.7 Å². The van der Waals surface area contributed by atoms with Crippen LogP contribution in [0.25, 0.3) is 22.0 Å². The average molecular weight is 411 g/mol. The van der Waals surface area contributed by atoms with Gasteiger partial charge >= 0.3 is 0 Å². The van der Waals surface area contributed by atoms with E-state index in [-0.39, 0.29) is 11.6 Å². The SMILES string of the molecule is Cc1ccc(NC(=O)c2c(C)nc3ccc([N+](=O)[O-])cc3c2-c2ccccc2)c(C)c1. The number of benzene rings is 3. The number of fused-ring (bicyclic) bond motifs is 1. The Balaban J connectivity index is 1.96. The highest BCUT2D eigenvalue weighted by atomic mass is 16.6. The molecule has 0 atom stereocenters. The standard InChI is InChI=1S/C25H21N3O3/c1-15-9-11-21(16(2)13-15)27-25(29)23-17(3)26-22-12-10-19(28(30)31)14-20(22)24(23)18-7-5-4-6-8-18/h4-14H,1-3H3,(H,27,29). The van der Waals surface area contributed by atoms with E-state index in [9.17, 15) is 14.9 Å². The summed E-state index contributed by atoms with van der Waals surface area (Å²) in [6.45, 7) is 5.72. The van der Waals surface area contributed by atoms with Gasteiger partial charge in [0.1, 0.15) is 0 Å². The Hall–Kier alpha value is -4.06. The molecule has 0 bridgehead atoms. The molecule has 6 nitrogen and oxygen atoms in total. The molecule has 1 N–H and O–H groups in total. The van der Waals surface area contributed by atoms with E-state index in [4.69, 9.17) is 0 Å². The van der Waals surface area contributed by atoms with E-state index < -0.39 is 4.92 Å². The number of anilines is 1. The average Bonchev–Trinajstić information content (AvgIpc) is 2.74. The molecule has 3 aromatic carbocycles. The molecule has 6 heteroatoms. The molecule has 0 unspecified atom stereocenters. The van der Waals surface area contributed by atoms with Gasteiger partial charge in [-0.2, -0.15) is 0 Å². The van der Waals surface area contributed by atoms with E-state index in [2.05, 4.69) is 10.3 Å². The van der Waals surface area contributed by atoms with Crippen LogP contribution >= 0.6 is 0 Å². The van der Waals surface area contributed by atoms with Crippen molar-refractivity contribution in [3.05, 3.63) is 99.2 Å². The quantitative estimate of drug-likeness (QED) is 0.330. The Morgan fingerprint density at radius 2 is 1.71 bits per heavy atom. The first-order chi connectivity index (χ1) is 14.8. The number of aryl methyl sites for hydroxylation is 3. The first kappa shape index (κ1) is 20.2. The number of non-ortho nitro benzene ring substituents is 1. The van der Waals surface area contributed by atoms with E-state index in [0.29, 0.717) is 33.4 Å². The second kappa shape index (κ2) is 7.99. The van der Waals surface area contributed by atoms with Crippen LogP contribution in [0.15, 0.2) is 66.7 Å².